The van der Waals surface area contributed by atoms with Gasteiger partial charge in [-0.15, -0.1) is 0 Å². The first-order valence-electron chi connectivity index (χ1n) is 9.23. The van der Waals surface area contributed by atoms with Crippen LogP contribution in [0.3, 0.4) is 0 Å². The molecule has 3 aliphatic heterocycles. The molecule has 1 amide bonds. The number of hydrogen-bond acceptors (Lipinski definition) is 7. The molecule has 136 valence electrons. The van der Waals surface area contributed by atoms with Gasteiger partial charge in [0.25, 0.3) is 0 Å². The largest absolute Gasteiger partial charge is 0.378 e. The van der Waals surface area contributed by atoms with Crippen molar-refractivity contribution in [2.75, 3.05) is 68.8 Å². The first-order valence-corrected chi connectivity index (χ1v) is 9.23. The molecular weight excluding hydrogens is 320 g/mol. The second-order valence-electron chi connectivity index (χ2n) is 6.80. The summed E-state index contributed by atoms with van der Waals surface area (Å²) >= 11 is 0. The topological polar surface area (TPSA) is 73.8 Å². The van der Waals surface area contributed by atoms with Crippen molar-refractivity contribution in [3.63, 3.8) is 0 Å². The molecule has 1 aromatic rings. The summed E-state index contributed by atoms with van der Waals surface area (Å²) in [5.41, 5.74) is 0. The Morgan fingerprint density at radius 3 is 2.36 bits per heavy atom. The van der Waals surface area contributed by atoms with E-state index in [0.29, 0.717) is 0 Å². The van der Waals surface area contributed by atoms with Crippen molar-refractivity contribution in [2.24, 2.45) is 0 Å². The molecule has 0 spiro atoms. The highest BCUT2D eigenvalue weighted by molar-refractivity contribution is 5.82. The molecule has 1 aromatic heterocycles. The van der Waals surface area contributed by atoms with Gasteiger partial charge in [-0.25, -0.2) is 9.97 Å². The molecule has 0 saturated carbocycles. The Morgan fingerprint density at radius 1 is 1.04 bits per heavy atom. The highest BCUT2D eigenvalue weighted by Gasteiger charge is 2.29. The van der Waals surface area contributed by atoms with Gasteiger partial charge < -0.3 is 24.8 Å². The van der Waals surface area contributed by atoms with E-state index in [9.17, 15) is 4.79 Å². The lowest BCUT2D eigenvalue weighted by atomic mass is 10.2. The van der Waals surface area contributed by atoms with Gasteiger partial charge in [0.1, 0.15) is 18.0 Å². The van der Waals surface area contributed by atoms with E-state index in [2.05, 4.69) is 31.2 Å². The van der Waals surface area contributed by atoms with Crippen molar-refractivity contribution in [2.45, 2.75) is 18.9 Å². The molecule has 8 nitrogen and oxygen atoms in total. The van der Waals surface area contributed by atoms with Crippen LogP contribution in [-0.4, -0.2) is 85.8 Å². The van der Waals surface area contributed by atoms with Crippen LogP contribution in [0.25, 0.3) is 0 Å². The smallest absolute Gasteiger partial charge is 0.239 e. The van der Waals surface area contributed by atoms with Crippen LogP contribution in [0, 0.1) is 0 Å². The number of rotatable bonds is 3. The Morgan fingerprint density at radius 2 is 1.72 bits per heavy atom. The molecule has 25 heavy (non-hydrogen) atoms. The molecule has 1 N–H and O–H groups in total. The van der Waals surface area contributed by atoms with Gasteiger partial charge in [-0.3, -0.25) is 4.79 Å². The zero-order valence-corrected chi connectivity index (χ0v) is 14.6. The molecule has 4 heterocycles. The molecule has 0 aliphatic carbocycles. The Bertz CT molecular complexity index is 593. The lowest BCUT2D eigenvalue weighted by molar-refractivity contribution is -0.133. The van der Waals surface area contributed by atoms with E-state index in [1.54, 1.807) is 6.33 Å². The van der Waals surface area contributed by atoms with Crippen LogP contribution in [0.1, 0.15) is 12.8 Å². The molecule has 0 aromatic carbocycles. The summed E-state index contributed by atoms with van der Waals surface area (Å²) in [5, 5.41) is 3.30. The highest BCUT2D eigenvalue weighted by atomic mass is 16.5. The molecule has 0 bridgehead atoms. The Kier molecular flexibility index (Phi) is 4.98. The fourth-order valence-electron chi connectivity index (χ4n) is 3.75. The van der Waals surface area contributed by atoms with Gasteiger partial charge in [-0.1, -0.05) is 0 Å². The number of morpholine rings is 1. The molecule has 1 atom stereocenters. The van der Waals surface area contributed by atoms with Crippen LogP contribution in [-0.2, 0) is 9.53 Å². The lowest BCUT2D eigenvalue weighted by Gasteiger charge is -2.37. The fourth-order valence-corrected chi connectivity index (χ4v) is 3.75. The number of carbonyl (C=O) groups is 1. The van der Waals surface area contributed by atoms with Gasteiger partial charge in [0, 0.05) is 45.3 Å². The maximum absolute atomic E-state index is 12.5. The number of piperazine rings is 1. The third-order valence-electron chi connectivity index (χ3n) is 5.25. The molecule has 1 unspecified atom stereocenters. The van der Waals surface area contributed by atoms with Crippen LogP contribution in [0.4, 0.5) is 11.6 Å². The summed E-state index contributed by atoms with van der Waals surface area (Å²) in [6, 6.07) is 2.08. The third-order valence-corrected chi connectivity index (χ3v) is 5.25. The fraction of sp³-hybridized carbons (Fsp3) is 0.706. The van der Waals surface area contributed by atoms with E-state index >= 15 is 0 Å². The normalized spacial score (nSPS) is 24.6. The van der Waals surface area contributed by atoms with Gasteiger partial charge in [-0.05, 0) is 19.4 Å². The zero-order valence-electron chi connectivity index (χ0n) is 14.6. The number of hydrogen-bond donors (Lipinski definition) is 1. The van der Waals surface area contributed by atoms with Crippen LogP contribution in [0.2, 0.25) is 0 Å². The average Bonchev–Trinajstić information content (AvgIpc) is 3.23. The van der Waals surface area contributed by atoms with Crippen molar-refractivity contribution in [3.05, 3.63) is 12.4 Å². The summed E-state index contributed by atoms with van der Waals surface area (Å²) in [6.45, 7) is 7.34. The maximum Gasteiger partial charge on any atom is 0.239 e. The molecule has 3 fully saturated rings. The standard InChI is InChI=1S/C17H26N6O2/c24-17(14-2-1-3-18-14)23-6-4-21(5-7-23)15-12-16(20-13-19-15)22-8-10-25-11-9-22/h12-14,18H,1-11H2. The second-order valence-corrected chi connectivity index (χ2v) is 6.80. The molecule has 4 rings (SSSR count). The number of carbonyl (C=O) groups excluding carboxylic acids is 1. The molecule has 0 radical (unpaired) electrons. The number of aromatic nitrogens is 2. The van der Waals surface area contributed by atoms with Crippen molar-refractivity contribution >= 4 is 17.5 Å². The lowest BCUT2D eigenvalue weighted by Crippen LogP contribution is -2.53. The Labute approximate surface area is 148 Å². The Hall–Kier alpha value is -1.93. The highest BCUT2D eigenvalue weighted by Crippen LogP contribution is 2.20. The van der Waals surface area contributed by atoms with E-state index in [0.717, 1.165) is 83.5 Å². The summed E-state index contributed by atoms with van der Waals surface area (Å²) in [4.78, 5) is 27.8. The van der Waals surface area contributed by atoms with Crippen LogP contribution < -0.4 is 15.1 Å². The maximum atomic E-state index is 12.5. The molecule has 3 saturated heterocycles. The summed E-state index contributed by atoms with van der Waals surface area (Å²) in [7, 11) is 0. The monoisotopic (exact) mass is 346 g/mol. The number of nitrogens with one attached hydrogen (secondary N) is 1. The minimum Gasteiger partial charge on any atom is -0.378 e. The van der Waals surface area contributed by atoms with E-state index in [-0.39, 0.29) is 11.9 Å². The van der Waals surface area contributed by atoms with E-state index < -0.39 is 0 Å². The first-order chi connectivity index (χ1) is 12.3. The number of amides is 1. The van der Waals surface area contributed by atoms with Gasteiger partial charge in [0.15, 0.2) is 0 Å². The van der Waals surface area contributed by atoms with Crippen LogP contribution in [0.5, 0.6) is 0 Å². The second kappa shape index (κ2) is 7.53. The SMILES string of the molecule is O=C(C1CCCN1)N1CCN(c2cc(N3CCOCC3)ncn2)CC1. The van der Waals surface area contributed by atoms with Gasteiger partial charge in [0.05, 0.1) is 19.3 Å². The molecule has 8 heteroatoms. The minimum atomic E-state index is 0.0264. The predicted octanol–water partition coefficient (Wildman–Crippen LogP) is -0.286. The molecule has 3 aliphatic rings. The van der Waals surface area contributed by atoms with E-state index in [1.165, 1.54) is 0 Å². The van der Waals surface area contributed by atoms with Crippen LogP contribution in [0.15, 0.2) is 12.4 Å². The molecular formula is C17H26N6O2. The van der Waals surface area contributed by atoms with Gasteiger partial charge >= 0.3 is 0 Å². The predicted molar refractivity (Wildman–Crippen MR) is 94.9 cm³/mol. The van der Waals surface area contributed by atoms with Crippen molar-refractivity contribution < 1.29 is 9.53 Å². The number of ether oxygens (including phenoxy) is 1. The average molecular weight is 346 g/mol. The van der Waals surface area contributed by atoms with E-state index in [4.69, 9.17) is 4.74 Å². The van der Waals surface area contributed by atoms with Gasteiger partial charge in [-0.2, -0.15) is 0 Å². The Balaban J connectivity index is 1.36. The summed E-state index contributed by atoms with van der Waals surface area (Å²) in [6.07, 6.45) is 3.70. The van der Waals surface area contributed by atoms with E-state index in [1.807, 2.05) is 4.90 Å². The first kappa shape index (κ1) is 16.5. The zero-order chi connectivity index (χ0) is 17.1. The summed E-state index contributed by atoms with van der Waals surface area (Å²) in [5.74, 6) is 2.17. The number of anilines is 2. The van der Waals surface area contributed by atoms with Gasteiger partial charge in [0.2, 0.25) is 5.91 Å². The number of nitrogens with zero attached hydrogens (tertiary/aromatic N) is 5. The third kappa shape index (κ3) is 3.69. The quantitative estimate of drug-likeness (QED) is 0.806. The minimum absolute atomic E-state index is 0.0264. The van der Waals surface area contributed by atoms with Crippen molar-refractivity contribution in [3.8, 4) is 0 Å². The van der Waals surface area contributed by atoms with Crippen molar-refractivity contribution in [1.29, 1.82) is 0 Å². The summed E-state index contributed by atoms with van der Waals surface area (Å²) < 4.78 is 5.41. The van der Waals surface area contributed by atoms with Crippen LogP contribution >= 0.6 is 0 Å². The van der Waals surface area contributed by atoms with Crippen molar-refractivity contribution in [1.82, 2.24) is 20.2 Å².